The molecule has 2 nitrogen and oxygen atoms in total. The van der Waals surface area contributed by atoms with Crippen LogP contribution in [0.5, 0.6) is 0 Å². The fourth-order valence-electron chi connectivity index (χ4n) is 0.567. The molecule has 1 aliphatic rings. The van der Waals surface area contributed by atoms with E-state index in [1.807, 2.05) is 0 Å². The maximum absolute atomic E-state index is 10.2. The van der Waals surface area contributed by atoms with Crippen molar-refractivity contribution in [2.24, 2.45) is 0 Å². The first-order chi connectivity index (χ1) is 3.33. The summed E-state index contributed by atoms with van der Waals surface area (Å²) >= 11 is 5.17. The molecule has 0 spiro atoms. The number of carbonyl (C=O) groups excluding carboxylic acids is 1. The molecule has 40 valence electrons. The standard InChI is InChI=1S/C4H6ClNO/c5-6-3-1-4(7)2-3/h3,6H,1-2H2. The highest BCUT2D eigenvalue weighted by Gasteiger charge is 2.24. The number of carbonyl (C=O) groups is 1. The largest absolute Gasteiger partial charge is 0.300 e. The third-order valence-corrected chi connectivity index (χ3v) is 1.41. The van der Waals surface area contributed by atoms with Crippen LogP contribution in [0.4, 0.5) is 0 Å². The molecule has 0 aromatic rings. The summed E-state index contributed by atoms with van der Waals surface area (Å²) in [5, 5.41) is 0. The van der Waals surface area contributed by atoms with Crippen molar-refractivity contribution in [2.75, 3.05) is 0 Å². The molecule has 0 aromatic heterocycles. The predicted octanol–water partition coefficient (Wildman–Crippen LogP) is 0.461. The number of rotatable bonds is 1. The van der Waals surface area contributed by atoms with Crippen LogP contribution in [-0.4, -0.2) is 11.8 Å². The summed E-state index contributed by atoms with van der Waals surface area (Å²) in [6, 6.07) is 0.258. The van der Waals surface area contributed by atoms with Crippen LogP contribution in [0, 0.1) is 0 Å². The van der Waals surface area contributed by atoms with Crippen molar-refractivity contribution < 1.29 is 4.79 Å². The van der Waals surface area contributed by atoms with Gasteiger partial charge in [0.25, 0.3) is 0 Å². The second kappa shape index (κ2) is 1.80. The van der Waals surface area contributed by atoms with Crippen molar-refractivity contribution in [1.82, 2.24) is 4.84 Å². The van der Waals surface area contributed by atoms with E-state index in [-0.39, 0.29) is 6.04 Å². The number of ketones is 1. The molecule has 7 heavy (non-hydrogen) atoms. The quantitative estimate of drug-likeness (QED) is 0.508. The summed E-state index contributed by atoms with van der Waals surface area (Å²) in [6.45, 7) is 0. The minimum absolute atomic E-state index is 0.258. The molecule has 0 atom stereocenters. The first-order valence-corrected chi connectivity index (χ1v) is 2.58. The van der Waals surface area contributed by atoms with E-state index in [2.05, 4.69) is 4.84 Å². The maximum atomic E-state index is 10.2. The number of nitrogens with one attached hydrogen (secondary N) is 1. The molecule has 0 bridgehead atoms. The minimum atomic E-state index is 0.258. The zero-order chi connectivity index (χ0) is 5.28. The molecule has 0 aromatic carbocycles. The molecule has 0 aliphatic heterocycles. The third-order valence-electron chi connectivity index (χ3n) is 1.10. The van der Waals surface area contributed by atoms with Gasteiger partial charge in [-0.1, -0.05) is 0 Å². The molecular weight excluding hydrogens is 114 g/mol. The van der Waals surface area contributed by atoms with Gasteiger partial charge in [0.1, 0.15) is 5.78 Å². The van der Waals surface area contributed by atoms with Gasteiger partial charge in [0.2, 0.25) is 0 Å². The summed E-state index contributed by atoms with van der Waals surface area (Å²) < 4.78 is 0. The van der Waals surface area contributed by atoms with Crippen LogP contribution in [0.15, 0.2) is 0 Å². The molecule has 1 saturated carbocycles. The van der Waals surface area contributed by atoms with Crippen LogP contribution >= 0.6 is 11.8 Å². The van der Waals surface area contributed by atoms with E-state index in [0.29, 0.717) is 18.6 Å². The Morgan fingerprint density at radius 1 is 1.71 bits per heavy atom. The first-order valence-electron chi connectivity index (χ1n) is 2.21. The zero-order valence-electron chi connectivity index (χ0n) is 3.78. The summed E-state index contributed by atoms with van der Waals surface area (Å²) in [5.74, 6) is 0.304. The summed E-state index contributed by atoms with van der Waals surface area (Å²) in [4.78, 5) is 12.7. The Morgan fingerprint density at radius 3 is 2.43 bits per heavy atom. The fraction of sp³-hybridized carbons (Fsp3) is 0.750. The number of halogens is 1. The molecule has 1 fully saturated rings. The Bertz CT molecular complexity index is 85.7. The maximum Gasteiger partial charge on any atom is 0.136 e. The van der Waals surface area contributed by atoms with E-state index < -0.39 is 0 Å². The van der Waals surface area contributed by atoms with Crippen molar-refractivity contribution in [1.29, 1.82) is 0 Å². The SMILES string of the molecule is O=C1CC(NCl)C1. The molecule has 3 heteroatoms. The van der Waals surface area contributed by atoms with Crippen molar-refractivity contribution in [3.8, 4) is 0 Å². The van der Waals surface area contributed by atoms with Crippen LogP contribution in [-0.2, 0) is 4.79 Å². The zero-order valence-corrected chi connectivity index (χ0v) is 4.53. The summed E-state index contributed by atoms with van der Waals surface area (Å²) in [7, 11) is 0. The molecule has 0 saturated heterocycles. The highest BCUT2D eigenvalue weighted by atomic mass is 35.5. The van der Waals surface area contributed by atoms with Gasteiger partial charge < -0.3 is 0 Å². The van der Waals surface area contributed by atoms with Crippen LogP contribution < -0.4 is 4.84 Å². The van der Waals surface area contributed by atoms with Gasteiger partial charge in [-0.25, -0.2) is 4.84 Å². The number of hydrogen-bond acceptors (Lipinski definition) is 2. The van der Waals surface area contributed by atoms with Crippen LogP contribution in [0.1, 0.15) is 12.8 Å². The van der Waals surface area contributed by atoms with Crippen LogP contribution in [0.25, 0.3) is 0 Å². The average Bonchev–Trinajstić information content (AvgIpc) is 1.58. The third kappa shape index (κ3) is 0.924. The topological polar surface area (TPSA) is 29.1 Å². The van der Waals surface area contributed by atoms with Crippen LogP contribution in [0.2, 0.25) is 0 Å². The highest BCUT2D eigenvalue weighted by Crippen LogP contribution is 2.13. The Hall–Kier alpha value is -0.0800. The molecular formula is C4H6ClNO. The summed E-state index contributed by atoms with van der Waals surface area (Å²) in [6.07, 6.45) is 1.23. The second-order valence-corrected chi connectivity index (χ2v) is 1.97. The van der Waals surface area contributed by atoms with Crippen molar-refractivity contribution >= 4 is 17.6 Å². The van der Waals surface area contributed by atoms with Crippen molar-refractivity contribution in [3.63, 3.8) is 0 Å². The lowest BCUT2D eigenvalue weighted by Gasteiger charge is -2.20. The smallest absolute Gasteiger partial charge is 0.136 e. The van der Waals surface area contributed by atoms with Crippen LogP contribution in [0.3, 0.4) is 0 Å². The highest BCUT2D eigenvalue weighted by molar-refractivity contribution is 6.14. The molecule has 1 rings (SSSR count). The van der Waals surface area contributed by atoms with Crippen molar-refractivity contribution in [2.45, 2.75) is 18.9 Å². The molecule has 1 N–H and O–H groups in total. The number of Topliss-reactive ketones (excluding diaryl/α,β-unsaturated/α-hetero) is 1. The summed E-state index contributed by atoms with van der Waals surface area (Å²) in [5.41, 5.74) is 0. The van der Waals surface area contributed by atoms with Gasteiger partial charge in [0.05, 0.1) is 0 Å². The second-order valence-electron chi connectivity index (χ2n) is 1.75. The Kier molecular flexibility index (Phi) is 1.30. The van der Waals surface area contributed by atoms with Gasteiger partial charge in [-0.3, -0.25) is 4.79 Å². The van der Waals surface area contributed by atoms with Gasteiger partial charge in [-0.2, -0.15) is 0 Å². The minimum Gasteiger partial charge on any atom is -0.300 e. The van der Waals surface area contributed by atoms with Gasteiger partial charge in [-0.05, 0) is 11.8 Å². The Labute approximate surface area is 47.0 Å². The lowest BCUT2D eigenvalue weighted by atomic mass is 9.93. The predicted molar refractivity (Wildman–Crippen MR) is 27.0 cm³/mol. The average molecular weight is 120 g/mol. The molecule has 1 aliphatic carbocycles. The normalized spacial score (nSPS) is 22.1. The lowest BCUT2D eigenvalue weighted by molar-refractivity contribution is -0.124. The molecule has 0 unspecified atom stereocenters. The van der Waals surface area contributed by atoms with Gasteiger partial charge in [-0.15, -0.1) is 0 Å². The Balaban J connectivity index is 2.17. The fourth-order valence-corrected chi connectivity index (χ4v) is 0.721. The van der Waals surface area contributed by atoms with Crippen molar-refractivity contribution in [3.05, 3.63) is 0 Å². The number of hydrogen-bond donors (Lipinski definition) is 1. The van der Waals surface area contributed by atoms with E-state index >= 15 is 0 Å². The molecule has 0 amide bonds. The van der Waals surface area contributed by atoms with Gasteiger partial charge >= 0.3 is 0 Å². The molecule has 0 heterocycles. The monoisotopic (exact) mass is 119 g/mol. The van der Waals surface area contributed by atoms with E-state index in [4.69, 9.17) is 11.8 Å². The Morgan fingerprint density at radius 2 is 2.29 bits per heavy atom. The lowest BCUT2D eigenvalue weighted by Crippen LogP contribution is -2.36. The molecule has 0 radical (unpaired) electrons. The van der Waals surface area contributed by atoms with Gasteiger partial charge in [0, 0.05) is 18.9 Å². The van der Waals surface area contributed by atoms with E-state index in [9.17, 15) is 4.79 Å². The van der Waals surface area contributed by atoms with Gasteiger partial charge in [0.15, 0.2) is 0 Å². The first kappa shape index (κ1) is 5.06. The van der Waals surface area contributed by atoms with E-state index in [1.54, 1.807) is 0 Å². The van der Waals surface area contributed by atoms with E-state index in [1.165, 1.54) is 0 Å². The van der Waals surface area contributed by atoms with E-state index in [0.717, 1.165) is 0 Å².